The number of fused-ring (bicyclic) bond motifs is 1. The first-order valence-corrected chi connectivity index (χ1v) is 9.89. The number of amides is 1. The summed E-state index contributed by atoms with van der Waals surface area (Å²) in [5, 5.41) is 17.8. The van der Waals surface area contributed by atoms with Crippen molar-refractivity contribution in [3.05, 3.63) is 65.6 Å². The number of hydrogen-bond acceptors (Lipinski definition) is 4. The van der Waals surface area contributed by atoms with Crippen LogP contribution in [0.1, 0.15) is 42.0 Å². The minimum absolute atomic E-state index is 0.0543. The van der Waals surface area contributed by atoms with Crippen LogP contribution in [0.4, 0.5) is 0 Å². The molecule has 0 aliphatic heterocycles. The molecular weight excluding hydrogens is 366 g/mol. The maximum atomic E-state index is 12.2. The third-order valence-corrected chi connectivity index (χ3v) is 4.29. The van der Waals surface area contributed by atoms with Crippen LogP contribution in [0.15, 0.2) is 53.7 Å². The highest BCUT2D eigenvalue weighted by atomic mass is 16.1. The molecule has 2 heterocycles. The highest BCUT2D eigenvalue weighted by Gasteiger charge is 2.07. The molecule has 0 aliphatic rings. The Hall–Kier alpha value is -3.42. The molecule has 2 aromatic heterocycles. The van der Waals surface area contributed by atoms with Crippen LogP contribution in [0.2, 0.25) is 0 Å². The molecule has 0 fully saturated rings. The van der Waals surface area contributed by atoms with Gasteiger partial charge in [-0.3, -0.25) is 9.20 Å². The number of aromatic nitrogens is 3. The Morgan fingerprint density at radius 3 is 2.79 bits per heavy atom. The zero-order valence-electron chi connectivity index (χ0n) is 16.9. The van der Waals surface area contributed by atoms with Gasteiger partial charge in [-0.2, -0.15) is 0 Å². The van der Waals surface area contributed by atoms with Gasteiger partial charge in [-0.05, 0) is 43.2 Å². The van der Waals surface area contributed by atoms with Crippen LogP contribution in [0, 0.1) is 0 Å². The van der Waals surface area contributed by atoms with Crippen molar-refractivity contribution in [2.45, 2.75) is 33.4 Å². The lowest BCUT2D eigenvalue weighted by Crippen LogP contribution is -2.37. The van der Waals surface area contributed by atoms with Crippen LogP contribution in [-0.4, -0.2) is 39.6 Å². The van der Waals surface area contributed by atoms with Gasteiger partial charge < -0.3 is 16.0 Å². The number of aliphatic imine (C=N–C) groups is 1. The molecule has 0 radical (unpaired) electrons. The first-order valence-electron chi connectivity index (χ1n) is 9.89. The van der Waals surface area contributed by atoms with Crippen molar-refractivity contribution in [3.63, 3.8) is 0 Å². The van der Waals surface area contributed by atoms with Crippen LogP contribution in [-0.2, 0) is 13.1 Å². The second-order valence-electron chi connectivity index (χ2n) is 6.55. The van der Waals surface area contributed by atoms with Gasteiger partial charge in [-0.15, -0.1) is 10.2 Å². The van der Waals surface area contributed by atoms with E-state index in [2.05, 4.69) is 31.1 Å². The van der Waals surface area contributed by atoms with Crippen molar-refractivity contribution < 1.29 is 4.79 Å². The van der Waals surface area contributed by atoms with Crippen LogP contribution in [0.25, 0.3) is 5.65 Å². The van der Waals surface area contributed by atoms with Crippen molar-refractivity contribution in [2.75, 3.05) is 13.1 Å². The molecule has 8 nitrogen and oxygen atoms in total. The van der Waals surface area contributed by atoms with Crippen LogP contribution in [0.5, 0.6) is 0 Å². The second kappa shape index (κ2) is 10.2. The van der Waals surface area contributed by atoms with Crippen LogP contribution < -0.4 is 16.0 Å². The molecule has 1 amide bonds. The van der Waals surface area contributed by atoms with E-state index < -0.39 is 0 Å². The number of nitrogens with one attached hydrogen (secondary N) is 3. The Morgan fingerprint density at radius 1 is 1.07 bits per heavy atom. The molecule has 0 saturated heterocycles. The average molecular weight is 393 g/mol. The zero-order chi connectivity index (χ0) is 20.5. The summed E-state index contributed by atoms with van der Waals surface area (Å²) >= 11 is 0. The lowest BCUT2D eigenvalue weighted by atomic mass is 10.1. The Labute approximate surface area is 170 Å². The predicted molar refractivity (Wildman–Crippen MR) is 114 cm³/mol. The molecule has 0 spiro atoms. The van der Waals surface area contributed by atoms with Gasteiger partial charge in [0.25, 0.3) is 5.91 Å². The largest absolute Gasteiger partial charge is 0.357 e. The van der Waals surface area contributed by atoms with E-state index in [0.717, 1.165) is 30.0 Å². The van der Waals surface area contributed by atoms with E-state index in [-0.39, 0.29) is 5.91 Å². The number of carbonyl (C=O) groups excluding carboxylic acids is 1. The minimum atomic E-state index is -0.0543. The van der Waals surface area contributed by atoms with E-state index in [0.29, 0.717) is 31.2 Å². The summed E-state index contributed by atoms with van der Waals surface area (Å²) in [6.45, 7) is 6.42. The SMILES string of the molecule is CCCNC(=O)c1cccc(CN=C(NCC)NCc2nnc3ccccn23)c1. The molecule has 0 unspecified atom stereocenters. The van der Waals surface area contributed by atoms with Gasteiger partial charge in [0.1, 0.15) is 0 Å². The van der Waals surface area contributed by atoms with E-state index in [9.17, 15) is 4.79 Å². The van der Waals surface area contributed by atoms with E-state index in [1.54, 1.807) is 0 Å². The highest BCUT2D eigenvalue weighted by molar-refractivity contribution is 5.94. The maximum absolute atomic E-state index is 12.2. The van der Waals surface area contributed by atoms with Crippen molar-refractivity contribution in [1.82, 2.24) is 30.5 Å². The van der Waals surface area contributed by atoms with Crippen LogP contribution in [0.3, 0.4) is 0 Å². The summed E-state index contributed by atoms with van der Waals surface area (Å²) in [4.78, 5) is 16.8. The van der Waals surface area contributed by atoms with Crippen molar-refractivity contribution in [3.8, 4) is 0 Å². The molecule has 152 valence electrons. The van der Waals surface area contributed by atoms with E-state index >= 15 is 0 Å². The Kier molecular flexibility index (Phi) is 7.16. The highest BCUT2D eigenvalue weighted by Crippen LogP contribution is 2.07. The van der Waals surface area contributed by atoms with E-state index in [4.69, 9.17) is 0 Å². The lowest BCUT2D eigenvalue weighted by Gasteiger charge is -2.11. The number of pyridine rings is 1. The normalized spacial score (nSPS) is 11.4. The second-order valence-corrected chi connectivity index (χ2v) is 6.55. The molecule has 1 aromatic carbocycles. The number of hydrogen-bond donors (Lipinski definition) is 3. The molecule has 0 atom stereocenters. The van der Waals surface area contributed by atoms with Gasteiger partial charge in [-0.1, -0.05) is 25.1 Å². The minimum Gasteiger partial charge on any atom is -0.357 e. The summed E-state index contributed by atoms with van der Waals surface area (Å²) in [5.74, 6) is 1.43. The fourth-order valence-corrected chi connectivity index (χ4v) is 2.84. The van der Waals surface area contributed by atoms with Crippen molar-refractivity contribution in [2.24, 2.45) is 4.99 Å². The Balaban J connectivity index is 1.65. The van der Waals surface area contributed by atoms with Crippen molar-refractivity contribution >= 4 is 17.5 Å². The Morgan fingerprint density at radius 2 is 1.97 bits per heavy atom. The standard InChI is InChI=1S/C21H27N7O/c1-3-11-23-20(29)17-9-7-8-16(13-17)14-24-21(22-4-2)25-15-19-27-26-18-10-5-6-12-28(18)19/h5-10,12-13H,3-4,11,14-15H2,1-2H3,(H,23,29)(H2,22,24,25). The Bertz CT molecular complexity index is 980. The third-order valence-electron chi connectivity index (χ3n) is 4.29. The summed E-state index contributed by atoms with van der Waals surface area (Å²) in [7, 11) is 0. The fraction of sp³-hybridized carbons (Fsp3) is 0.333. The lowest BCUT2D eigenvalue weighted by molar-refractivity contribution is 0.0953. The van der Waals surface area contributed by atoms with Gasteiger partial charge in [-0.25, -0.2) is 4.99 Å². The van der Waals surface area contributed by atoms with Gasteiger partial charge in [0.15, 0.2) is 17.4 Å². The molecule has 0 bridgehead atoms. The summed E-state index contributed by atoms with van der Waals surface area (Å²) in [6, 6.07) is 13.3. The first-order chi connectivity index (χ1) is 14.2. The number of rotatable bonds is 8. The molecule has 3 aromatic rings. The van der Waals surface area contributed by atoms with E-state index in [1.165, 1.54) is 0 Å². The number of nitrogens with zero attached hydrogens (tertiary/aromatic N) is 4. The van der Waals surface area contributed by atoms with Gasteiger partial charge in [0.05, 0.1) is 13.1 Å². The van der Waals surface area contributed by atoms with Gasteiger partial charge in [0, 0.05) is 24.8 Å². The predicted octanol–water partition coefficient (Wildman–Crippen LogP) is 2.12. The smallest absolute Gasteiger partial charge is 0.251 e. The topological polar surface area (TPSA) is 95.7 Å². The van der Waals surface area contributed by atoms with Gasteiger partial charge in [0.2, 0.25) is 0 Å². The molecule has 8 heteroatoms. The third kappa shape index (κ3) is 5.54. The quantitative estimate of drug-likeness (QED) is 0.402. The van der Waals surface area contributed by atoms with Crippen LogP contribution >= 0.6 is 0 Å². The summed E-state index contributed by atoms with van der Waals surface area (Å²) < 4.78 is 1.94. The molecule has 29 heavy (non-hydrogen) atoms. The number of guanidine groups is 1. The molecule has 0 saturated carbocycles. The summed E-state index contributed by atoms with van der Waals surface area (Å²) in [6.07, 6.45) is 2.85. The molecular formula is C21H27N7O. The fourth-order valence-electron chi connectivity index (χ4n) is 2.84. The van der Waals surface area contributed by atoms with Crippen molar-refractivity contribution in [1.29, 1.82) is 0 Å². The zero-order valence-corrected chi connectivity index (χ0v) is 16.9. The number of carbonyl (C=O) groups is 1. The monoisotopic (exact) mass is 393 g/mol. The van der Waals surface area contributed by atoms with Gasteiger partial charge >= 0.3 is 0 Å². The first kappa shape index (κ1) is 20.3. The maximum Gasteiger partial charge on any atom is 0.251 e. The number of benzene rings is 1. The average Bonchev–Trinajstić information content (AvgIpc) is 3.17. The van der Waals surface area contributed by atoms with E-state index in [1.807, 2.05) is 66.9 Å². The molecule has 3 rings (SSSR count). The molecule has 3 N–H and O–H groups in total. The molecule has 0 aliphatic carbocycles. The summed E-state index contributed by atoms with van der Waals surface area (Å²) in [5.41, 5.74) is 2.43.